The van der Waals surface area contributed by atoms with Gasteiger partial charge in [-0.25, -0.2) is 0 Å². The van der Waals surface area contributed by atoms with Gasteiger partial charge in [-0.15, -0.1) is 24.0 Å². The highest BCUT2D eigenvalue weighted by molar-refractivity contribution is 14.0. The van der Waals surface area contributed by atoms with Gasteiger partial charge in [0.15, 0.2) is 5.96 Å². The average molecular weight is 419 g/mol. The number of halogens is 1. The van der Waals surface area contributed by atoms with Gasteiger partial charge in [-0.2, -0.15) is 11.3 Å². The van der Waals surface area contributed by atoms with E-state index in [9.17, 15) is 0 Å². The van der Waals surface area contributed by atoms with E-state index in [0.29, 0.717) is 0 Å². The van der Waals surface area contributed by atoms with Crippen LogP contribution in [0, 0.1) is 0 Å². The minimum atomic E-state index is 0. The number of furan rings is 1. The number of nitrogens with zero attached hydrogens (tertiary/aromatic N) is 2. The molecule has 0 aliphatic rings. The molecule has 0 saturated heterocycles. The zero-order valence-electron chi connectivity index (χ0n) is 12.4. The van der Waals surface area contributed by atoms with Crippen molar-refractivity contribution in [2.45, 2.75) is 19.9 Å². The van der Waals surface area contributed by atoms with Gasteiger partial charge < -0.3 is 14.6 Å². The van der Waals surface area contributed by atoms with Crippen molar-refractivity contribution in [1.29, 1.82) is 0 Å². The molecule has 0 fully saturated rings. The molecule has 0 amide bonds. The normalized spacial score (nSPS) is 11.0. The van der Waals surface area contributed by atoms with E-state index < -0.39 is 0 Å². The monoisotopic (exact) mass is 419 g/mol. The maximum Gasteiger partial charge on any atom is 0.193 e. The van der Waals surface area contributed by atoms with Gasteiger partial charge in [0.1, 0.15) is 5.76 Å². The van der Waals surface area contributed by atoms with E-state index in [1.165, 1.54) is 5.56 Å². The summed E-state index contributed by atoms with van der Waals surface area (Å²) in [5.41, 5.74) is 1.31. The van der Waals surface area contributed by atoms with Crippen molar-refractivity contribution in [2.24, 2.45) is 4.99 Å². The zero-order chi connectivity index (χ0) is 14.2. The fourth-order valence-electron chi connectivity index (χ4n) is 1.93. The molecule has 0 radical (unpaired) electrons. The minimum Gasteiger partial charge on any atom is -0.469 e. The molecule has 116 valence electrons. The molecule has 2 heterocycles. The summed E-state index contributed by atoms with van der Waals surface area (Å²) in [5, 5.41) is 7.59. The van der Waals surface area contributed by atoms with Gasteiger partial charge >= 0.3 is 0 Å². The first-order valence-electron chi connectivity index (χ1n) is 6.82. The molecule has 2 aromatic rings. The topological polar surface area (TPSA) is 40.8 Å². The van der Waals surface area contributed by atoms with Crippen LogP contribution in [0.4, 0.5) is 0 Å². The van der Waals surface area contributed by atoms with E-state index in [1.807, 2.05) is 12.1 Å². The number of nitrogens with one attached hydrogen (secondary N) is 1. The van der Waals surface area contributed by atoms with Crippen LogP contribution in [0.3, 0.4) is 0 Å². The number of hydrogen-bond acceptors (Lipinski definition) is 3. The zero-order valence-corrected chi connectivity index (χ0v) is 15.6. The third-order valence-electron chi connectivity index (χ3n) is 2.90. The van der Waals surface area contributed by atoms with Crippen LogP contribution in [0.1, 0.15) is 18.2 Å². The van der Waals surface area contributed by atoms with E-state index in [-0.39, 0.29) is 24.0 Å². The number of hydrogen-bond donors (Lipinski definition) is 1. The third-order valence-corrected chi connectivity index (χ3v) is 3.63. The molecule has 0 aliphatic heterocycles. The Bertz CT molecular complexity index is 511. The Morgan fingerprint density at radius 1 is 1.43 bits per heavy atom. The standard InChI is InChI=1S/C15H21N3OS.HI/c1-3-16-15(17-8-6-14-5-4-9-19-14)18(2)11-13-7-10-20-12-13;/h4-5,7,9-10,12H,3,6,8,11H2,1-2H3,(H,16,17);1H. The molecule has 0 unspecified atom stereocenters. The van der Waals surface area contributed by atoms with Crippen molar-refractivity contribution in [1.82, 2.24) is 10.2 Å². The second kappa shape index (κ2) is 9.83. The molecule has 0 bridgehead atoms. The minimum absolute atomic E-state index is 0. The van der Waals surface area contributed by atoms with Crippen molar-refractivity contribution in [3.8, 4) is 0 Å². The molecule has 0 atom stereocenters. The molecule has 0 saturated carbocycles. The van der Waals surface area contributed by atoms with Crippen LogP contribution in [-0.2, 0) is 13.0 Å². The van der Waals surface area contributed by atoms with Gasteiger partial charge in [-0.1, -0.05) is 0 Å². The predicted molar refractivity (Wildman–Crippen MR) is 99.6 cm³/mol. The van der Waals surface area contributed by atoms with Gasteiger partial charge in [0.05, 0.1) is 6.26 Å². The molecule has 6 heteroatoms. The second-order valence-corrected chi connectivity index (χ2v) is 5.33. The van der Waals surface area contributed by atoms with Crippen LogP contribution in [-0.4, -0.2) is 31.0 Å². The summed E-state index contributed by atoms with van der Waals surface area (Å²) >= 11 is 1.72. The lowest BCUT2D eigenvalue weighted by Gasteiger charge is -2.21. The number of guanidine groups is 1. The lowest BCUT2D eigenvalue weighted by atomic mass is 10.3. The fourth-order valence-corrected chi connectivity index (χ4v) is 2.59. The summed E-state index contributed by atoms with van der Waals surface area (Å²) in [5.74, 6) is 1.91. The van der Waals surface area contributed by atoms with Crippen molar-refractivity contribution in [2.75, 3.05) is 20.1 Å². The number of rotatable bonds is 6. The van der Waals surface area contributed by atoms with Gasteiger partial charge in [0.25, 0.3) is 0 Å². The first kappa shape index (κ1) is 18.0. The van der Waals surface area contributed by atoms with Gasteiger partial charge in [0, 0.05) is 33.1 Å². The molecule has 0 aliphatic carbocycles. The van der Waals surface area contributed by atoms with E-state index >= 15 is 0 Å². The van der Waals surface area contributed by atoms with Crippen LogP contribution in [0.2, 0.25) is 0 Å². The third kappa shape index (κ3) is 6.09. The Hall–Kier alpha value is -1.02. The first-order valence-corrected chi connectivity index (χ1v) is 7.76. The Balaban J connectivity index is 0.00000220. The quantitative estimate of drug-likeness (QED) is 0.442. The highest BCUT2D eigenvalue weighted by Gasteiger charge is 2.06. The molecule has 0 aromatic carbocycles. The van der Waals surface area contributed by atoms with Gasteiger partial charge in [0.2, 0.25) is 0 Å². The maximum absolute atomic E-state index is 5.32. The average Bonchev–Trinajstić information content (AvgIpc) is 3.10. The molecule has 2 aromatic heterocycles. The molecule has 21 heavy (non-hydrogen) atoms. The number of thiophene rings is 1. The summed E-state index contributed by atoms with van der Waals surface area (Å²) < 4.78 is 5.32. The van der Waals surface area contributed by atoms with Crippen molar-refractivity contribution in [3.05, 3.63) is 46.5 Å². The van der Waals surface area contributed by atoms with Crippen molar-refractivity contribution >= 4 is 41.3 Å². The molecular formula is C15H22IN3OS. The molecule has 1 N–H and O–H groups in total. The fraction of sp³-hybridized carbons (Fsp3) is 0.400. The van der Waals surface area contributed by atoms with Crippen LogP contribution < -0.4 is 5.32 Å². The molecule has 0 spiro atoms. The Morgan fingerprint density at radius 3 is 2.90 bits per heavy atom. The van der Waals surface area contributed by atoms with E-state index in [2.05, 4.69) is 46.0 Å². The summed E-state index contributed by atoms with van der Waals surface area (Å²) in [6.07, 6.45) is 2.53. The van der Waals surface area contributed by atoms with Gasteiger partial charge in [-0.05, 0) is 41.4 Å². The summed E-state index contributed by atoms with van der Waals surface area (Å²) in [4.78, 5) is 6.79. The lowest BCUT2D eigenvalue weighted by molar-refractivity contribution is 0.475. The van der Waals surface area contributed by atoms with Crippen LogP contribution in [0.25, 0.3) is 0 Å². The summed E-state index contributed by atoms with van der Waals surface area (Å²) in [7, 11) is 2.06. The Morgan fingerprint density at radius 2 is 2.29 bits per heavy atom. The number of aliphatic imine (C=N–C) groups is 1. The molecule has 4 nitrogen and oxygen atoms in total. The maximum atomic E-state index is 5.32. The lowest BCUT2D eigenvalue weighted by Crippen LogP contribution is -2.38. The Kier molecular flexibility index (Phi) is 8.44. The van der Waals surface area contributed by atoms with Crippen molar-refractivity contribution in [3.63, 3.8) is 0 Å². The highest BCUT2D eigenvalue weighted by atomic mass is 127. The summed E-state index contributed by atoms with van der Waals surface area (Å²) in [6.45, 7) is 4.55. The second-order valence-electron chi connectivity index (χ2n) is 4.55. The van der Waals surface area contributed by atoms with E-state index in [4.69, 9.17) is 4.42 Å². The molecular weight excluding hydrogens is 397 g/mol. The SMILES string of the molecule is CCNC(=NCCc1ccco1)N(C)Cc1ccsc1.I. The van der Waals surface area contributed by atoms with Crippen LogP contribution >= 0.6 is 35.3 Å². The predicted octanol–water partition coefficient (Wildman–Crippen LogP) is 3.60. The van der Waals surface area contributed by atoms with Crippen molar-refractivity contribution < 1.29 is 4.42 Å². The van der Waals surface area contributed by atoms with Crippen LogP contribution in [0.15, 0.2) is 44.6 Å². The smallest absolute Gasteiger partial charge is 0.193 e. The van der Waals surface area contributed by atoms with E-state index in [0.717, 1.165) is 37.8 Å². The first-order chi connectivity index (χ1) is 9.79. The Labute approximate surface area is 147 Å². The largest absolute Gasteiger partial charge is 0.469 e. The highest BCUT2D eigenvalue weighted by Crippen LogP contribution is 2.08. The van der Waals surface area contributed by atoms with Gasteiger partial charge in [-0.3, -0.25) is 4.99 Å². The van der Waals surface area contributed by atoms with Crippen LogP contribution in [0.5, 0.6) is 0 Å². The summed E-state index contributed by atoms with van der Waals surface area (Å²) in [6, 6.07) is 6.04. The van der Waals surface area contributed by atoms with E-state index in [1.54, 1.807) is 17.6 Å². The molecule has 2 rings (SSSR count).